The second kappa shape index (κ2) is 18.3. The summed E-state index contributed by atoms with van der Waals surface area (Å²) in [5.74, 6) is 3.43. The van der Waals surface area contributed by atoms with Gasteiger partial charge in [-0.1, -0.05) is 206 Å². The fourth-order valence-corrected chi connectivity index (χ4v) is 11.8. The molecule has 0 spiro atoms. The summed E-state index contributed by atoms with van der Waals surface area (Å²) < 4.78 is 9.11. The molecule has 8 heterocycles. The molecule has 0 atom stereocenters. The molecule has 0 fully saturated rings. The summed E-state index contributed by atoms with van der Waals surface area (Å²) in [7, 11) is 0. The van der Waals surface area contributed by atoms with Gasteiger partial charge in [-0.3, -0.25) is 9.13 Å². The largest absolute Gasteiger partial charge is 0.314 e. The van der Waals surface area contributed by atoms with Gasteiger partial charge in [-0.2, -0.15) is 19.9 Å². The van der Waals surface area contributed by atoms with Crippen LogP contribution >= 0.6 is 0 Å². The van der Waals surface area contributed by atoms with Crippen LogP contribution in [0.25, 0.3) is 146 Å². The van der Waals surface area contributed by atoms with Crippen molar-refractivity contribution in [1.82, 2.24) is 47.8 Å². The van der Waals surface area contributed by atoms with Crippen molar-refractivity contribution in [3.8, 4) is 91.1 Å². The van der Waals surface area contributed by atoms with E-state index in [1.54, 1.807) is 0 Å². The lowest BCUT2D eigenvalue weighted by Crippen LogP contribution is -2.07. The zero-order chi connectivity index (χ0) is 52.7. The Labute approximate surface area is 458 Å². The minimum Gasteiger partial charge on any atom is -0.314 e. The van der Waals surface area contributed by atoms with Gasteiger partial charge in [0.15, 0.2) is 23.3 Å². The summed E-state index contributed by atoms with van der Waals surface area (Å²) in [6.07, 6.45) is 4.31. The number of pyridine rings is 2. The normalized spacial score (nSPS) is 11.8. The maximum absolute atomic E-state index is 5.35. The van der Waals surface area contributed by atoms with Crippen molar-refractivity contribution in [3.05, 3.63) is 267 Å². The Hall–Kier alpha value is -11.1. The Bertz CT molecular complexity index is 4590. The van der Waals surface area contributed by atoms with E-state index in [1.807, 2.05) is 72.8 Å². The zero-order valence-electron chi connectivity index (χ0n) is 42.9. The smallest absolute Gasteiger partial charge is 0.238 e. The molecule has 0 saturated carbocycles. The topological polar surface area (TPSA) is 96.0 Å². The van der Waals surface area contributed by atoms with Gasteiger partial charge in [0.05, 0.1) is 44.5 Å². The van der Waals surface area contributed by atoms with Crippen LogP contribution in [0.5, 0.6) is 0 Å². The average Bonchev–Trinajstić information content (AvgIpc) is 4.37. The van der Waals surface area contributed by atoms with Gasteiger partial charge in [0, 0.05) is 67.3 Å². The summed E-state index contributed by atoms with van der Waals surface area (Å²) in [5, 5.41) is 4.34. The predicted octanol–water partition coefficient (Wildman–Crippen LogP) is 16.4. The highest BCUT2D eigenvalue weighted by Crippen LogP contribution is 2.46. The first-order chi connectivity index (χ1) is 39.7. The molecule has 0 amide bonds. The number of hydrogen-bond acceptors (Lipinski definition) is 6. The van der Waals surface area contributed by atoms with Crippen LogP contribution in [0.3, 0.4) is 0 Å². The molecule has 8 aromatic heterocycles. The highest BCUT2D eigenvalue weighted by Gasteiger charge is 2.28. The van der Waals surface area contributed by atoms with Crippen LogP contribution < -0.4 is 0 Å². The van der Waals surface area contributed by atoms with E-state index in [1.165, 1.54) is 0 Å². The van der Waals surface area contributed by atoms with E-state index in [-0.39, 0.29) is 0 Å². The molecule has 10 nitrogen and oxygen atoms in total. The first-order valence-electron chi connectivity index (χ1n) is 26.7. The van der Waals surface area contributed by atoms with Crippen LogP contribution in [0.15, 0.2) is 267 Å². The van der Waals surface area contributed by atoms with E-state index in [0.717, 1.165) is 111 Å². The molecule has 0 N–H and O–H groups in total. The first-order valence-corrected chi connectivity index (χ1v) is 26.7. The third-order valence-electron chi connectivity index (χ3n) is 15.3. The monoisotopic (exact) mass is 1020 g/mol. The van der Waals surface area contributed by atoms with E-state index in [4.69, 9.17) is 29.9 Å². The van der Waals surface area contributed by atoms with Crippen molar-refractivity contribution in [1.29, 1.82) is 0 Å². The van der Waals surface area contributed by atoms with Gasteiger partial charge in [-0.25, -0.2) is 9.97 Å². The summed E-state index contributed by atoms with van der Waals surface area (Å²) >= 11 is 0. The highest BCUT2D eigenvalue weighted by atomic mass is 15.2. The summed E-state index contributed by atoms with van der Waals surface area (Å²) in [5.41, 5.74) is 16.1. The molecule has 374 valence electrons. The molecule has 0 aliphatic heterocycles. The second-order valence-corrected chi connectivity index (χ2v) is 20.0. The van der Waals surface area contributed by atoms with Gasteiger partial charge in [0.25, 0.3) is 0 Å². The number of nitrogens with zero attached hydrogens (tertiary/aromatic N) is 10. The standard InChI is InChI=1S/C70H44N10/c1-7-23-45(24-8-1)61-63-59(57-35-19-21-41-77(57)61)53-43-51(37-39-55(53)79(63)69-73-65(47-27-11-3-12-28-47)71-66(74-69)48-29-13-4-14-30-48)52-38-40-56-54(44-52)60-58-36-20-22-42-78(58)62(46-25-9-2-10-26-46)64(60)80(56)70-75-67(49-31-15-5-16-32-49)72-68(76-70)50-33-17-6-18-34-50/h1-44H. The lowest BCUT2D eigenvalue weighted by Gasteiger charge is -2.13. The average molecular weight is 1030 g/mol. The number of fused-ring (bicyclic) bond motifs is 10. The maximum atomic E-state index is 5.35. The van der Waals surface area contributed by atoms with E-state index in [9.17, 15) is 0 Å². The van der Waals surface area contributed by atoms with Crippen molar-refractivity contribution >= 4 is 54.6 Å². The van der Waals surface area contributed by atoms with Gasteiger partial charge in [-0.05, 0) is 59.7 Å². The lowest BCUT2D eigenvalue weighted by molar-refractivity contribution is 0.952. The van der Waals surface area contributed by atoms with Crippen LogP contribution in [0.4, 0.5) is 0 Å². The summed E-state index contributed by atoms with van der Waals surface area (Å²) in [6, 6.07) is 88.4. The SMILES string of the molecule is c1ccc(-c2nc(-c3ccccc3)nc(-n3c4ccc(-c5ccc6c(c5)c5c(c(-c7ccccc7)n7ccccc57)n6-c5nc(-c6ccccc6)nc(-c6ccccc6)n5)cc4c4c3c(-c3ccccc3)n3ccccc43)n2)cc1. The highest BCUT2D eigenvalue weighted by molar-refractivity contribution is 6.23. The van der Waals surface area contributed by atoms with Crippen LogP contribution in [-0.2, 0) is 0 Å². The number of rotatable bonds is 9. The van der Waals surface area contributed by atoms with Crippen LogP contribution in [0, 0.1) is 0 Å². The summed E-state index contributed by atoms with van der Waals surface area (Å²) in [4.78, 5) is 31.6. The van der Waals surface area contributed by atoms with Gasteiger partial charge in [-0.15, -0.1) is 0 Å². The molecule has 80 heavy (non-hydrogen) atoms. The molecular weight excluding hydrogens is 981 g/mol. The number of aromatic nitrogens is 10. The third kappa shape index (κ3) is 7.20. The molecule has 16 rings (SSSR count). The fraction of sp³-hybridized carbons (Fsp3) is 0. The molecule has 10 heteroatoms. The van der Waals surface area contributed by atoms with E-state index in [2.05, 4.69) is 212 Å². The van der Waals surface area contributed by atoms with Gasteiger partial charge >= 0.3 is 0 Å². The third-order valence-corrected chi connectivity index (χ3v) is 15.3. The van der Waals surface area contributed by atoms with E-state index >= 15 is 0 Å². The van der Waals surface area contributed by atoms with Gasteiger partial charge < -0.3 is 8.80 Å². The molecular formula is C70H44N10. The maximum Gasteiger partial charge on any atom is 0.238 e. The molecule has 0 radical (unpaired) electrons. The van der Waals surface area contributed by atoms with Crippen molar-refractivity contribution in [2.75, 3.05) is 0 Å². The fourth-order valence-electron chi connectivity index (χ4n) is 11.8. The Morgan fingerprint density at radius 3 is 0.863 bits per heavy atom. The molecule has 0 aliphatic carbocycles. The Morgan fingerprint density at radius 2 is 0.537 bits per heavy atom. The quantitative estimate of drug-likeness (QED) is 0.143. The predicted molar refractivity (Wildman–Crippen MR) is 322 cm³/mol. The van der Waals surface area contributed by atoms with Crippen molar-refractivity contribution < 1.29 is 0 Å². The minimum absolute atomic E-state index is 0.530. The zero-order valence-corrected chi connectivity index (χ0v) is 42.9. The van der Waals surface area contributed by atoms with Crippen molar-refractivity contribution in [3.63, 3.8) is 0 Å². The Morgan fingerprint density at radius 1 is 0.237 bits per heavy atom. The molecule has 0 aliphatic rings. The summed E-state index contributed by atoms with van der Waals surface area (Å²) in [6.45, 7) is 0. The Kier molecular flexibility index (Phi) is 10.3. The van der Waals surface area contributed by atoms with Crippen LogP contribution in [0.1, 0.15) is 0 Å². The molecule has 0 saturated heterocycles. The second-order valence-electron chi connectivity index (χ2n) is 20.0. The van der Waals surface area contributed by atoms with E-state index < -0.39 is 0 Å². The number of hydrogen-bond donors (Lipinski definition) is 0. The molecule has 16 aromatic rings. The van der Waals surface area contributed by atoms with E-state index in [0.29, 0.717) is 35.2 Å². The minimum atomic E-state index is 0.530. The van der Waals surface area contributed by atoms with Crippen LogP contribution in [-0.4, -0.2) is 47.8 Å². The van der Waals surface area contributed by atoms with Gasteiger partial charge in [0.1, 0.15) is 0 Å². The van der Waals surface area contributed by atoms with Crippen molar-refractivity contribution in [2.45, 2.75) is 0 Å². The van der Waals surface area contributed by atoms with Crippen LogP contribution in [0.2, 0.25) is 0 Å². The molecule has 8 aromatic carbocycles. The van der Waals surface area contributed by atoms with Gasteiger partial charge in [0.2, 0.25) is 11.9 Å². The molecule has 0 unspecified atom stereocenters. The molecule has 0 bridgehead atoms. The first kappa shape index (κ1) is 45.1. The van der Waals surface area contributed by atoms with Crippen molar-refractivity contribution in [2.24, 2.45) is 0 Å². The Balaban J connectivity index is 0.979. The lowest BCUT2D eigenvalue weighted by atomic mass is 10.0. The number of benzene rings is 8.